The van der Waals surface area contributed by atoms with Crippen LogP contribution in [-0.4, -0.2) is 32.8 Å². The second kappa shape index (κ2) is 8.25. The Balaban J connectivity index is 1.85. The molecule has 1 aliphatic heterocycles. The minimum Gasteiger partial charge on any atom is -0.493 e. The molecule has 1 heterocycles. The van der Waals surface area contributed by atoms with Crippen molar-refractivity contribution in [1.29, 1.82) is 0 Å². The van der Waals surface area contributed by atoms with E-state index in [9.17, 15) is 0 Å². The van der Waals surface area contributed by atoms with Gasteiger partial charge in [0.25, 0.3) is 0 Å². The van der Waals surface area contributed by atoms with Crippen LogP contribution in [0, 0.1) is 5.92 Å². The molecule has 0 aliphatic carbocycles. The van der Waals surface area contributed by atoms with Gasteiger partial charge >= 0.3 is 0 Å². The van der Waals surface area contributed by atoms with E-state index in [1.165, 1.54) is 18.4 Å². The molecule has 0 atom stereocenters. The largest absolute Gasteiger partial charge is 0.493 e. The van der Waals surface area contributed by atoms with Gasteiger partial charge in [-0.3, -0.25) is 0 Å². The maximum absolute atomic E-state index is 5.74. The fourth-order valence-corrected chi connectivity index (χ4v) is 2.68. The van der Waals surface area contributed by atoms with Gasteiger partial charge < -0.3 is 20.1 Å². The Morgan fingerprint density at radius 3 is 2.67 bits per heavy atom. The number of methoxy groups -OCH3 is 1. The zero-order chi connectivity index (χ0) is 15.1. The standard InChI is InChI=1S/C17H28N2O2/c1-13(2)21-16-5-4-15(10-17(16)20-3)12-19-11-14-6-8-18-9-7-14/h4-5,10,13-14,18-19H,6-9,11-12H2,1-3H3. The Morgan fingerprint density at radius 2 is 2.00 bits per heavy atom. The van der Waals surface area contributed by atoms with Crippen molar-refractivity contribution in [2.75, 3.05) is 26.7 Å². The van der Waals surface area contributed by atoms with Gasteiger partial charge in [-0.25, -0.2) is 0 Å². The molecule has 1 saturated heterocycles. The van der Waals surface area contributed by atoms with E-state index in [1.807, 2.05) is 19.9 Å². The molecule has 21 heavy (non-hydrogen) atoms. The van der Waals surface area contributed by atoms with Gasteiger partial charge in [0.05, 0.1) is 13.2 Å². The fourth-order valence-electron chi connectivity index (χ4n) is 2.68. The predicted molar refractivity (Wildman–Crippen MR) is 86.1 cm³/mol. The molecule has 1 aliphatic rings. The number of benzene rings is 1. The molecule has 0 amide bonds. The van der Waals surface area contributed by atoms with Crippen LogP contribution in [0.5, 0.6) is 11.5 Å². The minimum atomic E-state index is 0.155. The second-order valence-electron chi connectivity index (χ2n) is 5.98. The highest BCUT2D eigenvalue weighted by atomic mass is 16.5. The molecule has 0 saturated carbocycles. The molecule has 0 spiro atoms. The van der Waals surface area contributed by atoms with Gasteiger partial charge in [-0.15, -0.1) is 0 Å². The molecule has 1 aromatic carbocycles. The van der Waals surface area contributed by atoms with Gasteiger partial charge in [-0.2, -0.15) is 0 Å². The van der Waals surface area contributed by atoms with Gasteiger partial charge in [-0.1, -0.05) is 6.07 Å². The van der Waals surface area contributed by atoms with Crippen molar-refractivity contribution in [3.8, 4) is 11.5 Å². The maximum Gasteiger partial charge on any atom is 0.161 e. The van der Waals surface area contributed by atoms with E-state index < -0.39 is 0 Å². The van der Waals surface area contributed by atoms with E-state index in [0.717, 1.165) is 43.6 Å². The van der Waals surface area contributed by atoms with Crippen molar-refractivity contribution in [1.82, 2.24) is 10.6 Å². The summed E-state index contributed by atoms with van der Waals surface area (Å²) in [6, 6.07) is 6.17. The van der Waals surface area contributed by atoms with Gasteiger partial charge in [0.15, 0.2) is 11.5 Å². The topological polar surface area (TPSA) is 42.5 Å². The number of hydrogen-bond donors (Lipinski definition) is 2. The van der Waals surface area contributed by atoms with Crippen LogP contribution in [0.25, 0.3) is 0 Å². The maximum atomic E-state index is 5.74. The zero-order valence-corrected chi connectivity index (χ0v) is 13.4. The van der Waals surface area contributed by atoms with Crippen LogP contribution >= 0.6 is 0 Å². The lowest BCUT2D eigenvalue weighted by Crippen LogP contribution is -2.33. The molecule has 0 bridgehead atoms. The number of rotatable bonds is 7. The van der Waals surface area contributed by atoms with E-state index in [1.54, 1.807) is 7.11 Å². The van der Waals surface area contributed by atoms with Crippen LogP contribution in [0.4, 0.5) is 0 Å². The Kier molecular flexibility index (Phi) is 6.33. The lowest BCUT2D eigenvalue weighted by atomic mass is 9.98. The van der Waals surface area contributed by atoms with E-state index in [0.29, 0.717) is 0 Å². The molecular weight excluding hydrogens is 264 g/mol. The number of nitrogens with one attached hydrogen (secondary N) is 2. The normalized spacial score (nSPS) is 16.2. The van der Waals surface area contributed by atoms with Crippen molar-refractivity contribution in [3.63, 3.8) is 0 Å². The Labute approximate surface area is 128 Å². The SMILES string of the molecule is COc1cc(CNCC2CCNCC2)ccc1OC(C)C. The van der Waals surface area contributed by atoms with Crippen LogP contribution < -0.4 is 20.1 Å². The van der Waals surface area contributed by atoms with Crippen LogP contribution in [-0.2, 0) is 6.54 Å². The lowest BCUT2D eigenvalue weighted by Gasteiger charge is -2.23. The third-order valence-electron chi connectivity index (χ3n) is 3.81. The number of hydrogen-bond acceptors (Lipinski definition) is 4. The summed E-state index contributed by atoms with van der Waals surface area (Å²) < 4.78 is 11.2. The first-order valence-electron chi connectivity index (χ1n) is 7.94. The summed E-state index contributed by atoms with van der Waals surface area (Å²) in [6.45, 7) is 8.32. The highest BCUT2D eigenvalue weighted by Crippen LogP contribution is 2.28. The monoisotopic (exact) mass is 292 g/mol. The fraction of sp³-hybridized carbons (Fsp3) is 0.647. The molecule has 0 unspecified atom stereocenters. The molecule has 4 nitrogen and oxygen atoms in total. The molecule has 0 radical (unpaired) electrons. The summed E-state index contributed by atoms with van der Waals surface area (Å²) in [5.74, 6) is 2.43. The third-order valence-corrected chi connectivity index (χ3v) is 3.81. The average molecular weight is 292 g/mol. The molecule has 0 aromatic heterocycles. The van der Waals surface area contributed by atoms with Crippen molar-refractivity contribution in [2.24, 2.45) is 5.92 Å². The van der Waals surface area contributed by atoms with E-state index in [-0.39, 0.29) is 6.10 Å². The summed E-state index contributed by atoms with van der Waals surface area (Å²) in [6.07, 6.45) is 2.71. The highest BCUT2D eigenvalue weighted by Gasteiger charge is 2.12. The van der Waals surface area contributed by atoms with Crippen LogP contribution in [0.2, 0.25) is 0 Å². The Morgan fingerprint density at radius 1 is 1.24 bits per heavy atom. The summed E-state index contributed by atoms with van der Waals surface area (Å²) in [7, 11) is 1.69. The van der Waals surface area contributed by atoms with Gasteiger partial charge in [0, 0.05) is 6.54 Å². The Bertz CT molecular complexity index is 429. The van der Waals surface area contributed by atoms with E-state index >= 15 is 0 Å². The minimum absolute atomic E-state index is 0.155. The van der Waals surface area contributed by atoms with E-state index in [2.05, 4.69) is 22.8 Å². The number of ether oxygens (including phenoxy) is 2. The quantitative estimate of drug-likeness (QED) is 0.810. The van der Waals surface area contributed by atoms with Crippen molar-refractivity contribution < 1.29 is 9.47 Å². The molecular formula is C17H28N2O2. The first-order chi connectivity index (χ1) is 10.2. The summed E-state index contributed by atoms with van der Waals surface area (Å²) in [5.41, 5.74) is 1.23. The first-order valence-corrected chi connectivity index (χ1v) is 7.94. The predicted octanol–water partition coefficient (Wildman–Crippen LogP) is 2.57. The Hall–Kier alpha value is -1.26. The smallest absolute Gasteiger partial charge is 0.161 e. The van der Waals surface area contributed by atoms with Crippen LogP contribution in [0.15, 0.2) is 18.2 Å². The van der Waals surface area contributed by atoms with Gasteiger partial charge in [0.2, 0.25) is 0 Å². The van der Waals surface area contributed by atoms with Crippen molar-refractivity contribution in [3.05, 3.63) is 23.8 Å². The molecule has 118 valence electrons. The van der Waals surface area contributed by atoms with Gasteiger partial charge in [-0.05, 0) is 69.9 Å². The second-order valence-corrected chi connectivity index (χ2v) is 5.98. The van der Waals surface area contributed by atoms with Crippen LogP contribution in [0.3, 0.4) is 0 Å². The summed E-state index contributed by atoms with van der Waals surface area (Å²) in [4.78, 5) is 0. The highest BCUT2D eigenvalue weighted by molar-refractivity contribution is 5.43. The number of piperidine rings is 1. The summed E-state index contributed by atoms with van der Waals surface area (Å²) in [5, 5.41) is 6.96. The lowest BCUT2D eigenvalue weighted by molar-refractivity contribution is 0.230. The first kappa shape index (κ1) is 16.1. The van der Waals surface area contributed by atoms with Gasteiger partial charge in [0.1, 0.15) is 0 Å². The van der Waals surface area contributed by atoms with E-state index in [4.69, 9.17) is 9.47 Å². The van der Waals surface area contributed by atoms with Crippen molar-refractivity contribution in [2.45, 2.75) is 39.3 Å². The molecule has 2 N–H and O–H groups in total. The van der Waals surface area contributed by atoms with Crippen LogP contribution in [0.1, 0.15) is 32.3 Å². The molecule has 1 aromatic rings. The molecule has 1 fully saturated rings. The summed E-state index contributed by atoms with van der Waals surface area (Å²) >= 11 is 0. The van der Waals surface area contributed by atoms with Crippen molar-refractivity contribution >= 4 is 0 Å². The third kappa shape index (κ3) is 5.21. The molecule has 2 rings (SSSR count). The zero-order valence-electron chi connectivity index (χ0n) is 13.4. The average Bonchev–Trinajstić information content (AvgIpc) is 2.49. The molecule has 4 heteroatoms.